The van der Waals surface area contributed by atoms with Gasteiger partial charge >= 0.3 is 91.0 Å². The van der Waals surface area contributed by atoms with Crippen molar-refractivity contribution in [2.75, 3.05) is 0 Å². The summed E-state index contributed by atoms with van der Waals surface area (Å²) in [4.78, 5) is 21.9. The average molecular weight is 383 g/mol. The van der Waals surface area contributed by atoms with Gasteiger partial charge in [-0.05, 0) is 0 Å². The van der Waals surface area contributed by atoms with Crippen molar-refractivity contribution in [1.82, 2.24) is 6.61 Å². The Kier molecular flexibility index (Phi) is 4.30. The van der Waals surface area contributed by atoms with E-state index >= 15 is 0 Å². The molecule has 0 aliphatic carbocycles. The number of carbonyl (C=O) groups is 2. The summed E-state index contributed by atoms with van der Waals surface area (Å²) in [5, 5.41) is 0. The molecule has 15 heavy (non-hydrogen) atoms. The Morgan fingerprint density at radius 2 is 1.07 bits per heavy atom. The van der Waals surface area contributed by atoms with Crippen molar-refractivity contribution in [2.45, 2.75) is 44.4 Å². The summed E-state index contributed by atoms with van der Waals surface area (Å²) in [6.45, 7) is 8.30. The molecule has 0 aromatic carbocycles. The van der Waals surface area contributed by atoms with E-state index in [1.54, 1.807) is 0 Å². The third kappa shape index (κ3) is 1.90. The topological polar surface area (TPSA) is 58.2 Å². The fourth-order valence-corrected chi connectivity index (χ4v) is 22.5. The molecule has 0 saturated carbocycles. The van der Waals surface area contributed by atoms with Crippen LogP contribution in [0.25, 0.3) is 0 Å². The van der Waals surface area contributed by atoms with Gasteiger partial charge in [-0.2, -0.15) is 0 Å². The molecule has 0 spiro atoms. The quantitative estimate of drug-likeness (QED) is 0.500. The van der Waals surface area contributed by atoms with Gasteiger partial charge in [0.1, 0.15) is 0 Å². The van der Waals surface area contributed by atoms with Gasteiger partial charge in [0.2, 0.25) is 0 Å². The van der Waals surface area contributed by atoms with Crippen LogP contribution < -0.4 is 6.61 Å². The predicted octanol–water partition coefficient (Wildman–Crippen LogP) is 2.29. The number of hydrogen-bond donors (Lipinski definition) is 2. The van der Waals surface area contributed by atoms with E-state index in [0.29, 0.717) is 0 Å². The molecule has 0 bridgehead atoms. The van der Waals surface area contributed by atoms with Crippen molar-refractivity contribution in [1.29, 1.82) is 0 Å². The van der Waals surface area contributed by atoms with E-state index in [1.807, 2.05) is 0 Å². The number of hydrogen-bond acceptors (Lipinski definition) is 2. The Labute approximate surface area is 90.9 Å². The first-order valence-corrected chi connectivity index (χ1v) is 19.5. The molecule has 2 N–H and O–H groups in total. The molecule has 0 aliphatic heterocycles. The minimum atomic E-state index is -4.17. The van der Waals surface area contributed by atoms with Gasteiger partial charge in [-0.3, -0.25) is 0 Å². The summed E-state index contributed by atoms with van der Waals surface area (Å²) >= 11 is -4.17. The van der Waals surface area contributed by atoms with Gasteiger partial charge in [-0.25, -0.2) is 0 Å². The summed E-state index contributed by atoms with van der Waals surface area (Å²) in [6.07, 6.45) is 1.55. The fraction of sp³-hybridized carbons (Fsp3) is 0.800. The van der Waals surface area contributed by atoms with Gasteiger partial charge < -0.3 is 0 Å². The van der Waals surface area contributed by atoms with Gasteiger partial charge in [0, 0.05) is 0 Å². The van der Waals surface area contributed by atoms with Crippen LogP contribution in [0.4, 0.5) is 0 Å². The predicted molar refractivity (Wildman–Crippen MR) is 60.3 cm³/mol. The molecule has 0 heterocycles. The van der Waals surface area contributed by atoms with Gasteiger partial charge in [0.15, 0.2) is 0 Å². The van der Waals surface area contributed by atoms with Crippen LogP contribution >= 0.6 is 0 Å². The molecule has 0 aromatic rings. The van der Waals surface area contributed by atoms with E-state index in [4.69, 9.17) is 0 Å². The second kappa shape index (κ2) is 4.36. The van der Waals surface area contributed by atoms with Crippen LogP contribution in [0.1, 0.15) is 27.7 Å². The molecular formula is C10H24HfN2O2. The molecule has 0 aromatic heterocycles. The molecule has 0 fully saturated rings. The van der Waals surface area contributed by atoms with Gasteiger partial charge in [-0.1, -0.05) is 0 Å². The van der Waals surface area contributed by atoms with Crippen LogP contribution in [0, 0.1) is 0 Å². The van der Waals surface area contributed by atoms with Gasteiger partial charge in [0.25, 0.3) is 0 Å². The first-order chi connectivity index (χ1) is 6.97. The molecule has 0 aliphatic rings. The number of carbonyl (C=O) groups excluding carboxylic acids is 2. The zero-order chi connectivity index (χ0) is 12.1. The van der Waals surface area contributed by atoms with Crippen LogP contribution in [0.3, 0.4) is 0 Å². The Balaban J connectivity index is 5.80. The van der Waals surface area contributed by atoms with E-state index in [0.717, 1.165) is 29.5 Å². The summed E-state index contributed by atoms with van der Waals surface area (Å²) in [5.74, 6) is 0. The fourth-order valence-electron chi connectivity index (χ4n) is 2.75. The molecule has 0 unspecified atom stereocenters. The Morgan fingerprint density at radius 1 is 0.800 bits per heavy atom. The molecule has 0 saturated heterocycles. The van der Waals surface area contributed by atoms with E-state index < -0.39 is 17.6 Å². The average Bonchev–Trinajstić information content (AvgIpc) is 2.30. The standard InChI is InChI=1S/4C2H5.2CH3NO.Hf/c4*1-2;2*2-1-3;/h4*1H2,2H3;2*1H,(H2,2,3);/q;;;;;;+2/p-2. The second-order valence-corrected chi connectivity index (χ2v) is 39.1. The third-order valence-electron chi connectivity index (χ3n) is 5.49. The maximum atomic E-state index is 10.9. The first-order valence-electron chi connectivity index (χ1n) is 5.79. The summed E-state index contributed by atoms with van der Waals surface area (Å²) in [7, 11) is 0. The van der Waals surface area contributed by atoms with Crippen LogP contribution in [-0.2, 0) is 27.2 Å². The summed E-state index contributed by atoms with van der Waals surface area (Å²) in [5.41, 5.74) is 0. The summed E-state index contributed by atoms with van der Waals surface area (Å²) < 4.78 is 9.71. The summed E-state index contributed by atoms with van der Waals surface area (Å²) in [6, 6.07) is 0. The van der Waals surface area contributed by atoms with Gasteiger partial charge in [-0.15, -0.1) is 0 Å². The molecule has 90 valence electrons. The normalized spacial score (nSPS) is 16.0. The molecule has 5 heteroatoms. The van der Waals surface area contributed by atoms with Crippen LogP contribution in [-0.4, -0.2) is 12.8 Å². The third-order valence-corrected chi connectivity index (χ3v) is 45.0. The zero-order valence-electron chi connectivity index (χ0n) is 10.3. The Hall–Kier alpha value is -0.190. The van der Waals surface area contributed by atoms with Crippen LogP contribution in [0.5, 0.6) is 0 Å². The van der Waals surface area contributed by atoms with Crippen molar-refractivity contribution >= 4 is 12.8 Å². The number of rotatable bonds is 8. The Morgan fingerprint density at radius 3 is 1.20 bits per heavy atom. The second-order valence-electron chi connectivity index (χ2n) is 4.98. The van der Waals surface area contributed by atoms with Crippen molar-refractivity contribution in [3.05, 3.63) is 0 Å². The number of nitrogens with one attached hydrogen (secondary N) is 2. The Bertz CT molecular complexity index is 219. The van der Waals surface area contributed by atoms with Crippen molar-refractivity contribution in [3.8, 4) is 0 Å². The van der Waals surface area contributed by atoms with Crippen molar-refractivity contribution < 1.29 is 27.2 Å². The van der Waals surface area contributed by atoms with E-state index in [9.17, 15) is 9.59 Å². The van der Waals surface area contributed by atoms with E-state index in [-0.39, 0.29) is 0 Å². The van der Waals surface area contributed by atoms with E-state index in [1.165, 1.54) is 0 Å². The number of amides is 2. The SMILES string of the molecule is C[CH2][Hf]([CH2]C)([CH2]C)([CH2]C)([NH]C=O)[NH]C=O. The van der Waals surface area contributed by atoms with Crippen LogP contribution in [0.2, 0.25) is 16.7 Å². The molecule has 0 rings (SSSR count). The molecule has 2 amide bonds. The first kappa shape index (κ1) is 14.8. The minimum absolute atomic E-state index is 0.775. The molecule has 0 atom stereocenters. The molecule has 4 nitrogen and oxygen atoms in total. The molecular weight excluding hydrogens is 359 g/mol. The van der Waals surface area contributed by atoms with E-state index in [2.05, 4.69) is 34.3 Å². The monoisotopic (exact) mass is 384 g/mol. The maximum absolute atomic E-state index is 10.9. The van der Waals surface area contributed by atoms with Crippen LogP contribution in [0.15, 0.2) is 0 Å². The zero-order valence-corrected chi connectivity index (χ0v) is 13.9. The van der Waals surface area contributed by atoms with Crippen molar-refractivity contribution in [2.24, 2.45) is 0 Å². The van der Waals surface area contributed by atoms with Gasteiger partial charge in [0.05, 0.1) is 0 Å². The van der Waals surface area contributed by atoms with Crippen molar-refractivity contribution in [3.63, 3.8) is 0 Å². The molecule has 0 radical (unpaired) electrons.